The second-order valence-corrected chi connectivity index (χ2v) is 8.44. The van der Waals surface area contributed by atoms with E-state index in [1.165, 1.54) is 0 Å². The molecule has 34 heavy (non-hydrogen) atoms. The maximum Gasteiger partial charge on any atom is 0.478 e. The van der Waals surface area contributed by atoms with Gasteiger partial charge in [0, 0.05) is 25.7 Å². The van der Waals surface area contributed by atoms with Crippen molar-refractivity contribution in [3.8, 4) is 0 Å². The molecule has 0 N–H and O–H groups in total. The van der Waals surface area contributed by atoms with Gasteiger partial charge in [-0.25, -0.2) is 0 Å². The van der Waals surface area contributed by atoms with Crippen molar-refractivity contribution >= 4 is 0 Å². The SMILES string of the molecule is O=[N+](OC(Cc1ccccc1)Cc1ccccc1)OC(Cc1ccccc1)Cc1ccccc1. The van der Waals surface area contributed by atoms with Gasteiger partial charge in [-0.1, -0.05) is 121 Å². The second kappa shape index (κ2) is 12.4. The molecule has 4 aromatic rings. The molecule has 4 aromatic carbocycles. The van der Waals surface area contributed by atoms with Gasteiger partial charge in [-0.05, 0) is 22.3 Å². The molecule has 172 valence electrons. The monoisotopic (exact) mass is 452 g/mol. The van der Waals surface area contributed by atoms with Crippen molar-refractivity contribution in [3.05, 3.63) is 148 Å². The zero-order valence-electron chi connectivity index (χ0n) is 19.2. The molecule has 4 nitrogen and oxygen atoms in total. The molecule has 0 aliphatic heterocycles. The van der Waals surface area contributed by atoms with Crippen molar-refractivity contribution in [2.24, 2.45) is 0 Å². The summed E-state index contributed by atoms with van der Waals surface area (Å²) in [5, 5.41) is 0.326. The van der Waals surface area contributed by atoms with Crippen LogP contribution in [0.3, 0.4) is 0 Å². The Morgan fingerprint density at radius 2 is 0.676 bits per heavy atom. The van der Waals surface area contributed by atoms with Crippen LogP contribution in [0.4, 0.5) is 0 Å². The molecule has 0 bridgehead atoms. The number of benzene rings is 4. The van der Waals surface area contributed by atoms with Gasteiger partial charge in [0.05, 0.1) is 0 Å². The molecule has 0 aliphatic rings. The van der Waals surface area contributed by atoms with Gasteiger partial charge < -0.3 is 0 Å². The van der Waals surface area contributed by atoms with Crippen LogP contribution < -0.4 is 0 Å². The first kappa shape index (κ1) is 23.2. The lowest BCUT2D eigenvalue weighted by Gasteiger charge is -2.14. The zero-order chi connectivity index (χ0) is 23.4. The van der Waals surface area contributed by atoms with Crippen molar-refractivity contribution in [1.82, 2.24) is 0 Å². The summed E-state index contributed by atoms with van der Waals surface area (Å²) in [6.45, 7) is 0. The van der Waals surface area contributed by atoms with E-state index in [9.17, 15) is 4.91 Å². The van der Waals surface area contributed by atoms with Crippen LogP contribution in [0.5, 0.6) is 0 Å². The van der Waals surface area contributed by atoms with E-state index in [1.54, 1.807) is 0 Å². The summed E-state index contributed by atoms with van der Waals surface area (Å²) in [4.78, 5) is 24.5. The van der Waals surface area contributed by atoms with E-state index >= 15 is 0 Å². The average molecular weight is 453 g/mol. The number of rotatable bonds is 12. The summed E-state index contributed by atoms with van der Waals surface area (Å²) in [7, 11) is 0. The first-order chi connectivity index (χ1) is 16.7. The van der Waals surface area contributed by atoms with Gasteiger partial charge in [0.15, 0.2) is 12.2 Å². The Labute approximate surface area is 201 Å². The third kappa shape index (κ3) is 7.59. The Morgan fingerprint density at radius 1 is 0.441 bits per heavy atom. The minimum Gasteiger partial charge on any atom is -0.182 e. The highest BCUT2D eigenvalue weighted by Crippen LogP contribution is 2.16. The van der Waals surface area contributed by atoms with Crippen LogP contribution in [0.1, 0.15) is 22.3 Å². The molecule has 0 atom stereocenters. The fourth-order valence-electron chi connectivity index (χ4n) is 4.07. The Kier molecular flexibility index (Phi) is 8.45. The standard InChI is InChI=1S/C30H30NO3/c32-31(33-29(21-25-13-5-1-6-14-25)22-26-15-7-2-8-16-26)34-30(23-27-17-9-3-10-18-27)24-28-19-11-4-12-20-28/h1-20,29-30H,21-24H2/q+1. The van der Waals surface area contributed by atoms with Crippen molar-refractivity contribution in [2.75, 3.05) is 0 Å². The Morgan fingerprint density at radius 3 is 0.912 bits per heavy atom. The highest BCUT2D eigenvalue weighted by molar-refractivity contribution is 5.20. The van der Waals surface area contributed by atoms with E-state index in [2.05, 4.69) is 0 Å². The van der Waals surface area contributed by atoms with Crippen LogP contribution in [-0.4, -0.2) is 17.3 Å². The summed E-state index contributed by atoms with van der Waals surface area (Å²) in [6, 6.07) is 40.3. The third-order valence-corrected chi connectivity index (χ3v) is 5.70. The molecule has 0 aliphatic carbocycles. The Balaban J connectivity index is 1.45. The molecule has 0 unspecified atom stereocenters. The molecule has 0 saturated heterocycles. The van der Waals surface area contributed by atoms with Crippen LogP contribution >= 0.6 is 0 Å². The van der Waals surface area contributed by atoms with Crippen molar-refractivity contribution < 1.29 is 14.8 Å². The molecular formula is C30H30NO3+. The Hall–Kier alpha value is -3.92. The predicted molar refractivity (Wildman–Crippen MR) is 134 cm³/mol. The topological polar surface area (TPSA) is 38.5 Å². The molecule has 4 heteroatoms. The molecule has 4 rings (SSSR count). The van der Waals surface area contributed by atoms with Crippen LogP contribution in [0.15, 0.2) is 121 Å². The van der Waals surface area contributed by atoms with Gasteiger partial charge in [-0.2, -0.15) is 9.68 Å². The van der Waals surface area contributed by atoms with Gasteiger partial charge in [-0.15, -0.1) is 0 Å². The summed E-state index contributed by atoms with van der Waals surface area (Å²) in [6.07, 6.45) is 1.74. The minimum atomic E-state index is -0.351. The third-order valence-electron chi connectivity index (χ3n) is 5.70. The first-order valence-electron chi connectivity index (χ1n) is 11.7. The fourth-order valence-corrected chi connectivity index (χ4v) is 4.07. The average Bonchev–Trinajstić information content (AvgIpc) is 2.86. The molecule has 0 aromatic heterocycles. The van der Waals surface area contributed by atoms with E-state index < -0.39 is 0 Å². The molecule has 0 saturated carbocycles. The van der Waals surface area contributed by atoms with Gasteiger partial charge in [0.2, 0.25) is 0 Å². The molecule has 0 amide bonds. The largest absolute Gasteiger partial charge is 0.478 e. The van der Waals surface area contributed by atoms with Gasteiger partial charge in [0.25, 0.3) is 0 Å². The Bertz CT molecular complexity index is 945. The van der Waals surface area contributed by atoms with Crippen LogP contribution in [0.25, 0.3) is 0 Å². The van der Waals surface area contributed by atoms with E-state index in [-0.39, 0.29) is 12.2 Å². The van der Waals surface area contributed by atoms with E-state index in [4.69, 9.17) is 9.68 Å². The zero-order valence-corrected chi connectivity index (χ0v) is 19.2. The summed E-state index contributed by atoms with van der Waals surface area (Å²) >= 11 is 0. The highest BCUT2D eigenvalue weighted by atomic mass is 17.0. The maximum absolute atomic E-state index is 12.9. The van der Waals surface area contributed by atoms with Crippen molar-refractivity contribution in [2.45, 2.75) is 37.9 Å². The van der Waals surface area contributed by atoms with E-state index in [1.807, 2.05) is 121 Å². The lowest BCUT2D eigenvalue weighted by Crippen LogP contribution is -2.30. The first-order valence-corrected chi connectivity index (χ1v) is 11.7. The number of hydrogen-bond acceptors (Lipinski definition) is 3. The highest BCUT2D eigenvalue weighted by Gasteiger charge is 2.28. The summed E-state index contributed by atoms with van der Waals surface area (Å²) < 4.78 is 0. The fraction of sp³-hybridized carbons (Fsp3) is 0.200. The van der Waals surface area contributed by atoms with Gasteiger partial charge in [0.1, 0.15) is 4.91 Å². The quantitative estimate of drug-likeness (QED) is 0.236. The normalized spacial score (nSPS) is 10.9. The second-order valence-electron chi connectivity index (χ2n) is 8.44. The molecule has 0 heterocycles. The van der Waals surface area contributed by atoms with Crippen LogP contribution in [-0.2, 0) is 35.4 Å². The number of hydrogen-bond donors (Lipinski definition) is 0. The molecular weight excluding hydrogens is 422 g/mol. The van der Waals surface area contributed by atoms with E-state index in [0.29, 0.717) is 30.8 Å². The van der Waals surface area contributed by atoms with Crippen molar-refractivity contribution in [3.63, 3.8) is 0 Å². The van der Waals surface area contributed by atoms with Crippen LogP contribution in [0.2, 0.25) is 0 Å². The van der Waals surface area contributed by atoms with Gasteiger partial charge >= 0.3 is 5.09 Å². The van der Waals surface area contributed by atoms with E-state index in [0.717, 1.165) is 22.3 Å². The van der Waals surface area contributed by atoms with Gasteiger partial charge in [-0.3, -0.25) is 0 Å². The minimum absolute atomic E-state index is 0.326. The lowest BCUT2D eigenvalue weighted by atomic mass is 10.0. The predicted octanol–water partition coefficient (Wildman–Crippen LogP) is 6.34. The maximum atomic E-state index is 12.9. The van der Waals surface area contributed by atoms with Crippen LogP contribution in [0, 0.1) is 4.91 Å². The lowest BCUT2D eigenvalue weighted by molar-refractivity contribution is -0.992. The summed E-state index contributed by atoms with van der Waals surface area (Å²) in [5.74, 6) is 0. The number of nitrogens with zero attached hydrogens (tertiary/aromatic N) is 1. The molecule has 0 spiro atoms. The smallest absolute Gasteiger partial charge is 0.182 e. The molecule has 0 radical (unpaired) electrons. The van der Waals surface area contributed by atoms with Crippen molar-refractivity contribution in [1.29, 1.82) is 0 Å². The summed E-state index contributed by atoms with van der Waals surface area (Å²) in [5.41, 5.74) is 4.45. The molecule has 0 fully saturated rings.